The molecule has 18 heavy (non-hydrogen) atoms. The molecule has 1 fully saturated rings. The van der Waals surface area contributed by atoms with Gasteiger partial charge in [0.1, 0.15) is 5.60 Å². The van der Waals surface area contributed by atoms with Crippen LogP contribution in [0.5, 0.6) is 0 Å². The summed E-state index contributed by atoms with van der Waals surface area (Å²) in [4.78, 5) is 12.1. The fourth-order valence-electron chi connectivity index (χ4n) is 2.96. The number of carbonyl (C=O) groups excluding carboxylic acids is 1. The van der Waals surface area contributed by atoms with Gasteiger partial charge in [-0.3, -0.25) is 4.79 Å². The van der Waals surface area contributed by atoms with Gasteiger partial charge in [-0.1, -0.05) is 41.0 Å². The third-order valence-electron chi connectivity index (χ3n) is 3.95. The molecule has 1 saturated carbocycles. The van der Waals surface area contributed by atoms with E-state index in [0.29, 0.717) is 0 Å². The van der Waals surface area contributed by atoms with E-state index in [0.717, 1.165) is 25.7 Å². The molecular weight excluding hydrogens is 224 g/mol. The first-order valence-corrected chi connectivity index (χ1v) is 7.51. The Morgan fingerprint density at radius 2 is 1.78 bits per heavy atom. The lowest BCUT2D eigenvalue weighted by molar-refractivity contribution is -0.171. The molecule has 0 bridgehead atoms. The molecule has 1 aliphatic carbocycles. The molecule has 0 spiro atoms. The van der Waals surface area contributed by atoms with Gasteiger partial charge in [0.25, 0.3) is 0 Å². The molecule has 0 radical (unpaired) electrons. The summed E-state index contributed by atoms with van der Waals surface area (Å²) >= 11 is 0. The highest BCUT2D eigenvalue weighted by molar-refractivity contribution is 5.72. The molecule has 0 heterocycles. The number of carbonyl (C=O) groups is 1. The van der Waals surface area contributed by atoms with Gasteiger partial charge in [0, 0.05) is 0 Å². The second-order valence-corrected chi connectivity index (χ2v) is 7.21. The van der Waals surface area contributed by atoms with Crippen LogP contribution in [0.25, 0.3) is 0 Å². The minimum atomic E-state index is -0.184. The molecule has 0 aromatic heterocycles. The summed E-state index contributed by atoms with van der Waals surface area (Å²) in [6.45, 7) is 10.7. The van der Waals surface area contributed by atoms with Gasteiger partial charge < -0.3 is 4.74 Å². The lowest BCUT2D eigenvalue weighted by Gasteiger charge is -2.41. The van der Waals surface area contributed by atoms with Crippen molar-refractivity contribution in [1.29, 1.82) is 0 Å². The summed E-state index contributed by atoms with van der Waals surface area (Å²) in [6.07, 6.45) is 7.63. The SMILES string of the molecule is CCC(C)C(=O)OC1(CC(C)(C)C)CCCCC1. The van der Waals surface area contributed by atoms with E-state index in [9.17, 15) is 4.79 Å². The summed E-state index contributed by atoms with van der Waals surface area (Å²) < 4.78 is 5.97. The van der Waals surface area contributed by atoms with Crippen LogP contribution in [0.1, 0.15) is 79.6 Å². The number of ether oxygens (including phenoxy) is 1. The van der Waals surface area contributed by atoms with E-state index < -0.39 is 0 Å². The van der Waals surface area contributed by atoms with Crippen molar-refractivity contribution in [2.24, 2.45) is 11.3 Å². The average Bonchev–Trinajstić information content (AvgIpc) is 2.26. The highest BCUT2D eigenvalue weighted by atomic mass is 16.6. The summed E-state index contributed by atoms with van der Waals surface area (Å²) in [5.41, 5.74) is 0.0318. The van der Waals surface area contributed by atoms with Crippen LogP contribution in [-0.4, -0.2) is 11.6 Å². The monoisotopic (exact) mass is 254 g/mol. The molecule has 106 valence electrons. The smallest absolute Gasteiger partial charge is 0.309 e. The van der Waals surface area contributed by atoms with Crippen LogP contribution in [0.3, 0.4) is 0 Å². The molecule has 0 saturated heterocycles. The Morgan fingerprint density at radius 1 is 1.22 bits per heavy atom. The molecule has 0 amide bonds. The molecule has 2 heteroatoms. The first kappa shape index (κ1) is 15.5. The zero-order valence-corrected chi connectivity index (χ0v) is 12.8. The van der Waals surface area contributed by atoms with Crippen molar-refractivity contribution in [2.75, 3.05) is 0 Å². The normalized spacial score (nSPS) is 21.4. The predicted molar refractivity (Wildman–Crippen MR) is 75.4 cm³/mol. The van der Waals surface area contributed by atoms with E-state index in [1.165, 1.54) is 19.3 Å². The molecular formula is C16H30O2. The van der Waals surface area contributed by atoms with Crippen molar-refractivity contribution in [3.63, 3.8) is 0 Å². The molecule has 0 aromatic carbocycles. The van der Waals surface area contributed by atoms with Crippen LogP contribution >= 0.6 is 0 Å². The summed E-state index contributed by atoms with van der Waals surface area (Å²) in [7, 11) is 0. The van der Waals surface area contributed by atoms with E-state index >= 15 is 0 Å². The van der Waals surface area contributed by atoms with Gasteiger partial charge in [-0.05, 0) is 43.9 Å². The Hall–Kier alpha value is -0.530. The fourth-order valence-corrected chi connectivity index (χ4v) is 2.96. The number of hydrogen-bond donors (Lipinski definition) is 0. The van der Waals surface area contributed by atoms with Gasteiger partial charge >= 0.3 is 5.97 Å². The van der Waals surface area contributed by atoms with Crippen LogP contribution < -0.4 is 0 Å². The first-order chi connectivity index (χ1) is 8.28. The number of hydrogen-bond acceptors (Lipinski definition) is 2. The lowest BCUT2D eigenvalue weighted by atomic mass is 9.74. The van der Waals surface area contributed by atoms with Gasteiger partial charge in [-0.15, -0.1) is 0 Å². The first-order valence-electron chi connectivity index (χ1n) is 7.51. The minimum absolute atomic E-state index is 0.00338. The zero-order chi connectivity index (χ0) is 13.8. The molecule has 1 atom stereocenters. The zero-order valence-electron chi connectivity index (χ0n) is 12.8. The molecule has 1 aliphatic rings. The van der Waals surface area contributed by atoms with Crippen LogP contribution in [0, 0.1) is 11.3 Å². The molecule has 1 unspecified atom stereocenters. The Kier molecular flexibility index (Phi) is 5.24. The highest BCUT2D eigenvalue weighted by Gasteiger charge is 2.39. The van der Waals surface area contributed by atoms with E-state index in [4.69, 9.17) is 4.74 Å². The van der Waals surface area contributed by atoms with E-state index in [-0.39, 0.29) is 22.9 Å². The van der Waals surface area contributed by atoms with Crippen molar-refractivity contribution in [3.8, 4) is 0 Å². The maximum Gasteiger partial charge on any atom is 0.309 e. The molecule has 1 rings (SSSR count). The molecule has 0 N–H and O–H groups in total. The Labute approximate surface area is 112 Å². The average molecular weight is 254 g/mol. The fraction of sp³-hybridized carbons (Fsp3) is 0.938. The third kappa shape index (κ3) is 4.62. The second-order valence-electron chi connectivity index (χ2n) is 7.21. The van der Waals surface area contributed by atoms with Gasteiger partial charge in [0.15, 0.2) is 0 Å². The van der Waals surface area contributed by atoms with Crippen molar-refractivity contribution in [1.82, 2.24) is 0 Å². The van der Waals surface area contributed by atoms with Crippen molar-refractivity contribution in [2.45, 2.75) is 85.2 Å². The summed E-state index contributed by atoms with van der Waals surface area (Å²) in [5, 5.41) is 0. The Morgan fingerprint density at radius 3 is 2.22 bits per heavy atom. The highest BCUT2D eigenvalue weighted by Crippen LogP contribution is 2.41. The number of rotatable bonds is 4. The third-order valence-corrected chi connectivity index (χ3v) is 3.95. The topological polar surface area (TPSA) is 26.3 Å². The standard InChI is InChI=1S/C16H30O2/c1-6-13(2)14(17)18-16(12-15(3,4)5)10-8-7-9-11-16/h13H,6-12H2,1-5H3. The Balaban J connectivity index is 2.74. The van der Waals surface area contributed by atoms with Crippen LogP contribution in [0.2, 0.25) is 0 Å². The van der Waals surface area contributed by atoms with Crippen LogP contribution in [0.4, 0.5) is 0 Å². The van der Waals surface area contributed by atoms with E-state index in [1.54, 1.807) is 0 Å². The molecule has 0 aliphatic heterocycles. The van der Waals surface area contributed by atoms with Crippen LogP contribution in [-0.2, 0) is 9.53 Å². The summed E-state index contributed by atoms with van der Waals surface area (Å²) in [6, 6.07) is 0. The van der Waals surface area contributed by atoms with E-state index in [2.05, 4.69) is 20.8 Å². The maximum absolute atomic E-state index is 12.1. The quantitative estimate of drug-likeness (QED) is 0.679. The predicted octanol–water partition coefficient (Wildman–Crippen LogP) is 4.71. The summed E-state index contributed by atoms with van der Waals surface area (Å²) in [5.74, 6) is 0.0346. The largest absolute Gasteiger partial charge is 0.459 e. The number of esters is 1. The van der Waals surface area contributed by atoms with Gasteiger partial charge in [-0.25, -0.2) is 0 Å². The minimum Gasteiger partial charge on any atom is -0.459 e. The van der Waals surface area contributed by atoms with Gasteiger partial charge in [0.2, 0.25) is 0 Å². The van der Waals surface area contributed by atoms with Gasteiger partial charge in [-0.2, -0.15) is 0 Å². The van der Waals surface area contributed by atoms with Crippen LogP contribution in [0.15, 0.2) is 0 Å². The molecule has 0 aromatic rings. The van der Waals surface area contributed by atoms with Crippen molar-refractivity contribution < 1.29 is 9.53 Å². The maximum atomic E-state index is 12.1. The second kappa shape index (κ2) is 6.08. The molecule has 2 nitrogen and oxygen atoms in total. The lowest BCUT2D eigenvalue weighted by Crippen LogP contribution is -2.41. The van der Waals surface area contributed by atoms with Crippen molar-refractivity contribution in [3.05, 3.63) is 0 Å². The van der Waals surface area contributed by atoms with E-state index in [1.807, 2.05) is 13.8 Å². The van der Waals surface area contributed by atoms with Gasteiger partial charge in [0.05, 0.1) is 5.92 Å². The Bertz CT molecular complexity index is 269. The van der Waals surface area contributed by atoms with Crippen molar-refractivity contribution >= 4 is 5.97 Å².